The molecule has 0 bridgehead atoms. The maximum absolute atomic E-state index is 12.6. The highest BCUT2D eigenvalue weighted by Gasteiger charge is 2.31. The second kappa shape index (κ2) is 6.62. The first-order valence-corrected chi connectivity index (χ1v) is 7.63. The Balaban J connectivity index is 1.75. The molecule has 0 aliphatic carbocycles. The van der Waals surface area contributed by atoms with Crippen LogP contribution in [0.5, 0.6) is 5.75 Å². The number of hydrogen-bond acceptors (Lipinski definition) is 2. The molecule has 1 fully saturated rings. The Labute approximate surface area is 133 Å². The van der Waals surface area contributed by atoms with Crippen LogP contribution in [0, 0.1) is 0 Å². The fraction of sp³-hybridized carbons (Fsp3) is 0.333. The lowest BCUT2D eigenvalue weighted by molar-refractivity contribution is -0.137. The zero-order chi connectivity index (χ0) is 16.3. The van der Waals surface area contributed by atoms with E-state index in [2.05, 4.69) is 17.4 Å². The molecule has 0 saturated carbocycles. The lowest BCUT2D eigenvalue weighted by atomic mass is 9.89. The normalized spacial score (nSPS) is 21.9. The van der Waals surface area contributed by atoms with Crippen molar-refractivity contribution in [3.63, 3.8) is 0 Å². The van der Waals surface area contributed by atoms with Gasteiger partial charge in [0.15, 0.2) is 0 Å². The van der Waals surface area contributed by atoms with Crippen molar-refractivity contribution < 1.29 is 17.9 Å². The lowest BCUT2D eigenvalue weighted by Gasteiger charge is -2.33. The molecule has 1 aliphatic heterocycles. The summed E-state index contributed by atoms with van der Waals surface area (Å²) in [6, 6.07) is 15.0. The fourth-order valence-corrected chi connectivity index (χ4v) is 2.91. The summed E-state index contributed by atoms with van der Waals surface area (Å²) in [6.07, 6.45) is -3.55. The molecule has 5 heteroatoms. The van der Waals surface area contributed by atoms with Crippen LogP contribution in [0.25, 0.3) is 0 Å². The molecule has 2 nitrogen and oxygen atoms in total. The molecular weight excluding hydrogens is 303 g/mol. The van der Waals surface area contributed by atoms with Crippen molar-refractivity contribution in [1.29, 1.82) is 0 Å². The Kier molecular flexibility index (Phi) is 4.57. The average molecular weight is 321 g/mol. The summed E-state index contributed by atoms with van der Waals surface area (Å²) in [5, 5.41) is 3.35. The van der Waals surface area contributed by atoms with Crippen molar-refractivity contribution in [3.05, 3.63) is 65.7 Å². The Morgan fingerprint density at radius 2 is 1.65 bits per heavy atom. The molecule has 2 aromatic rings. The van der Waals surface area contributed by atoms with Crippen molar-refractivity contribution in [1.82, 2.24) is 5.32 Å². The molecule has 1 heterocycles. The zero-order valence-corrected chi connectivity index (χ0v) is 12.5. The van der Waals surface area contributed by atoms with Gasteiger partial charge in [-0.3, -0.25) is 0 Å². The molecule has 0 radical (unpaired) electrons. The smallest absolute Gasteiger partial charge is 0.416 e. The third-order valence-corrected chi connectivity index (χ3v) is 4.12. The molecule has 0 unspecified atom stereocenters. The number of piperidine rings is 1. The molecule has 0 spiro atoms. The van der Waals surface area contributed by atoms with Gasteiger partial charge in [0, 0.05) is 12.5 Å². The molecule has 1 aliphatic rings. The minimum Gasteiger partial charge on any atom is -0.490 e. The molecule has 2 aromatic carbocycles. The Morgan fingerprint density at radius 1 is 0.957 bits per heavy atom. The highest BCUT2D eigenvalue weighted by atomic mass is 19.4. The number of rotatable bonds is 3. The van der Waals surface area contributed by atoms with Gasteiger partial charge in [-0.25, -0.2) is 0 Å². The van der Waals surface area contributed by atoms with Gasteiger partial charge in [-0.1, -0.05) is 30.3 Å². The van der Waals surface area contributed by atoms with E-state index in [1.807, 2.05) is 18.2 Å². The van der Waals surface area contributed by atoms with Crippen LogP contribution in [0.4, 0.5) is 13.2 Å². The van der Waals surface area contributed by atoms with Gasteiger partial charge in [0.1, 0.15) is 11.9 Å². The minimum atomic E-state index is -4.32. The van der Waals surface area contributed by atoms with E-state index in [-0.39, 0.29) is 12.0 Å². The van der Waals surface area contributed by atoms with Crippen LogP contribution in [-0.4, -0.2) is 19.2 Å². The number of halogens is 3. The van der Waals surface area contributed by atoms with Crippen LogP contribution in [-0.2, 0) is 6.18 Å². The van der Waals surface area contributed by atoms with Crippen molar-refractivity contribution in [2.75, 3.05) is 13.1 Å². The van der Waals surface area contributed by atoms with Crippen molar-refractivity contribution in [2.24, 2.45) is 0 Å². The first-order chi connectivity index (χ1) is 11.0. The van der Waals surface area contributed by atoms with Gasteiger partial charge in [0.05, 0.1) is 5.56 Å². The number of benzene rings is 2. The molecule has 2 atom stereocenters. The molecule has 0 amide bonds. The van der Waals surface area contributed by atoms with E-state index < -0.39 is 11.7 Å². The predicted molar refractivity (Wildman–Crippen MR) is 82.5 cm³/mol. The topological polar surface area (TPSA) is 21.3 Å². The van der Waals surface area contributed by atoms with Gasteiger partial charge >= 0.3 is 6.18 Å². The van der Waals surface area contributed by atoms with Gasteiger partial charge < -0.3 is 10.1 Å². The summed E-state index contributed by atoms with van der Waals surface area (Å²) >= 11 is 0. The monoisotopic (exact) mass is 321 g/mol. The van der Waals surface area contributed by atoms with Gasteiger partial charge in [-0.05, 0) is 42.8 Å². The van der Waals surface area contributed by atoms with Crippen molar-refractivity contribution in [2.45, 2.75) is 24.6 Å². The number of alkyl halides is 3. The lowest BCUT2D eigenvalue weighted by Crippen LogP contribution is -2.41. The van der Waals surface area contributed by atoms with Crippen LogP contribution in [0.2, 0.25) is 0 Å². The maximum Gasteiger partial charge on any atom is 0.416 e. The second-order valence-corrected chi connectivity index (χ2v) is 5.69. The third-order valence-electron chi connectivity index (χ3n) is 4.12. The highest BCUT2D eigenvalue weighted by molar-refractivity contribution is 5.30. The molecule has 1 saturated heterocycles. The van der Waals surface area contributed by atoms with Gasteiger partial charge in [0.2, 0.25) is 0 Å². The molecule has 23 heavy (non-hydrogen) atoms. The average Bonchev–Trinajstić information content (AvgIpc) is 2.56. The number of ether oxygens (including phenoxy) is 1. The quantitative estimate of drug-likeness (QED) is 0.913. The standard InChI is InChI=1S/C18H18F3NO/c19-18(20,21)14-6-8-15(9-7-14)23-17-10-11-22-12-16(17)13-4-2-1-3-5-13/h1-9,16-17,22H,10-12H2/t16-,17-/m1/s1. The van der Waals surface area contributed by atoms with E-state index in [1.54, 1.807) is 0 Å². The summed E-state index contributed by atoms with van der Waals surface area (Å²) in [6.45, 7) is 1.64. The van der Waals surface area contributed by atoms with Crippen molar-refractivity contribution in [3.8, 4) is 5.75 Å². The first kappa shape index (κ1) is 15.9. The first-order valence-electron chi connectivity index (χ1n) is 7.63. The van der Waals surface area contributed by atoms with Crippen LogP contribution in [0.3, 0.4) is 0 Å². The van der Waals surface area contributed by atoms with E-state index >= 15 is 0 Å². The highest BCUT2D eigenvalue weighted by Crippen LogP contribution is 2.32. The van der Waals surface area contributed by atoms with Crippen LogP contribution < -0.4 is 10.1 Å². The zero-order valence-electron chi connectivity index (χ0n) is 12.5. The van der Waals surface area contributed by atoms with Gasteiger partial charge in [-0.15, -0.1) is 0 Å². The van der Waals surface area contributed by atoms with Crippen LogP contribution >= 0.6 is 0 Å². The van der Waals surface area contributed by atoms with E-state index in [0.29, 0.717) is 5.75 Å². The SMILES string of the molecule is FC(F)(F)c1ccc(O[C@@H]2CCNC[C@@H]2c2ccccc2)cc1. The molecule has 122 valence electrons. The summed E-state index contributed by atoms with van der Waals surface area (Å²) in [7, 11) is 0. The number of hydrogen-bond donors (Lipinski definition) is 1. The number of nitrogens with one attached hydrogen (secondary N) is 1. The third kappa shape index (κ3) is 3.85. The van der Waals surface area contributed by atoms with Crippen LogP contribution in [0.1, 0.15) is 23.5 Å². The van der Waals surface area contributed by atoms with E-state index in [9.17, 15) is 13.2 Å². The van der Waals surface area contributed by atoms with E-state index in [4.69, 9.17) is 4.74 Å². The summed E-state index contributed by atoms with van der Waals surface area (Å²) in [5.41, 5.74) is 0.520. The molecule has 1 N–H and O–H groups in total. The Bertz CT molecular complexity index is 625. The summed E-state index contributed by atoms with van der Waals surface area (Å²) in [4.78, 5) is 0. The molecular formula is C18H18F3NO. The maximum atomic E-state index is 12.6. The van der Waals surface area contributed by atoms with E-state index in [0.717, 1.165) is 31.6 Å². The second-order valence-electron chi connectivity index (χ2n) is 5.69. The Morgan fingerprint density at radius 3 is 2.30 bits per heavy atom. The fourth-order valence-electron chi connectivity index (χ4n) is 2.91. The molecule has 0 aromatic heterocycles. The van der Waals surface area contributed by atoms with E-state index in [1.165, 1.54) is 17.7 Å². The van der Waals surface area contributed by atoms with Gasteiger partial charge in [0.25, 0.3) is 0 Å². The minimum absolute atomic E-state index is 0.0459. The van der Waals surface area contributed by atoms with Crippen molar-refractivity contribution >= 4 is 0 Å². The van der Waals surface area contributed by atoms with Gasteiger partial charge in [-0.2, -0.15) is 13.2 Å². The molecule has 3 rings (SSSR count). The summed E-state index contributed by atoms with van der Waals surface area (Å²) < 4.78 is 43.8. The van der Waals surface area contributed by atoms with Crippen LogP contribution in [0.15, 0.2) is 54.6 Å². The largest absolute Gasteiger partial charge is 0.490 e. The predicted octanol–water partition coefficient (Wildman–Crippen LogP) is 4.23. The Hall–Kier alpha value is -2.01. The summed E-state index contributed by atoms with van der Waals surface area (Å²) in [5.74, 6) is 0.665.